The molecule has 0 spiro atoms. The van der Waals surface area contributed by atoms with Crippen LogP contribution in [0, 0.1) is 17.8 Å². The fraction of sp³-hybridized carbons (Fsp3) is 0.513. The van der Waals surface area contributed by atoms with Gasteiger partial charge in [-0.2, -0.15) is 0 Å². The van der Waals surface area contributed by atoms with Crippen molar-refractivity contribution in [3.63, 3.8) is 0 Å². The first kappa shape index (κ1) is 41.9. The van der Waals surface area contributed by atoms with Crippen molar-refractivity contribution in [2.75, 3.05) is 18.1 Å². The summed E-state index contributed by atoms with van der Waals surface area (Å²) in [7, 11) is 3.04. The van der Waals surface area contributed by atoms with Crippen LogP contribution in [0.25, 0.3) is 10.9 Å². The van der Waals surface area contributed by atoms with E-state index in [4.69, 9.17) is 5.73 Å². The first-order chi connectivity index (χ1) is 25.4. The van der Waals surface area contributed by atoms with Crippen molar-refractivity contribution in [3.05, 3.63) is 65.9 Å². The number of phenols is 1. The number of nitrogens with one attached hydrogen (secondary N) is 4. The van der Waals surface area contributed by atoms with Crippen molar-refractivity contribution in [1.82, 2.24) is 20.9 Å². The van der Waals surface area contributed by atoms with E-state index >= 15 is 0 Å². The zero-order valence-electron chi connectivity index (χ0n) is 30.6. The maximum absolute atomic E-state index is 14.3. The number of amides is 3. The maximum atomic E-state index is 14.3. The second-order valence-electron chi connectivity index (χ2n) is 14.2. The lowest BCUT2D eigenvalue weighted by molar-refractivity contribution is -0.135. The number of aliphatic hydroxyl groups is 1. The number of aromatic hydroxyl groups is 1. The van der Waals surface area contributed by atoms with Crippen LogP contribution in [0.4, 0.5) is 0 Å². The van der Waals surface area contributed by atoms with Gasteiger partial charge in [-0.25, -0.2) is 0 Å². The monoisotopic (exact) mass is 767 g/mol. The van der Waals surface area contributed by atoms with Gasteiger partial charge >= 0.3 is 0 Å². The van der Waals surface area contributed by atoms with Crippen molar-refractivity contribution < 1.29 is 34.2 Å². The van der Waals surface area contributed by atoms with Gasteiger partial charge in [-0.3, -0.25) is 24.0 Å². The highest BCUT2D eigenvalue weighted by Gasteiger charge is 2.34. The highest BCUT2D eigenvalue weighted by molar-refractivity contribution is 8.76. The van der Waals surface area contributed by atoms with Crippen LogP contribution in [0.15, 0.2) is 54.7 Å². The van der Waals surface area contributed by atoms with Gasteiger partial charge in [0.15, 0.2) is 5.78 Å². The molecule has 2 heterocycles. The lowest BCUT2D eigenvalue weighted by Crippen LogP contribution is -2.57. The smallest absolute Gasteiger partial charge is 0.243 e. The first-order valence-corrected chi connectivity index (χ1v) is 20.8. The highest BCUT2D eigenvalue weighted by Crippen LogP contribution is 2.29. The number of phenolic OH excluding ortho intramolecular Hbond substituents is 1. The van der Waals surface area contributed by atoms with Gasteiger partial charge < -0.3 is 36.9 Å². The lowest BCUT2D eigenvalue weighted by atomic mass is 9.86. The van der Waals surface area contributed by atoms with E-state index in [-0.39, 0.29) is 61.2 Å². The van der Waals surface area contributed by atoms with Crippen LogP contribution in [-0.4, -0.2) is 86.8 Å². The van der Waals surface area contributed by atoms with Crippen LogP contribution in [0.5, 0.6) is 5.75 Å². The zero-order chi connectivity index (χ0) is 38.5. The molecule has 53 heavy (non-hydrogen) atoms. The zero-order valence-corrected chi connectivity index (χ0v) is 32.3. The molecule has 3 aromatic rings. The van der Waals surface area contributed by atoms with Gasteiger partial charge in [0.25, 0.3) is 0 Å². The number of aromatic nitrogens is 1. The second kappa shape index (κ2) is 20.6. The van der Waals surface area contributed by atoms with Gasteiger partial charge in [-0.05, 0) is 68.0 Å². The van der Waals surface area contributed by atoms with Gasteiger partial charge in [-0.15, -0.1) is 0 Å². The van der Waals surface area contributed by atoms with Crippen LogP contribution in [-0.2, 0) is 36.8 Å². The van der Waals surface area contributed by atoms with Crippen LogP contribution < -0.4 is 21.7 Å². The van der Waals surface area contributed by atoms with Gasteiger partial charge in [0, 0.05) is 60.2 Å². The Labute approximate surface area is 319 Å². The minimum atomic E-state index is -1.16. The molecule has 1 saturated heterocycles. The molecule has 4 rings (SSSR count). The molecule has 1 fully saturated rings. The predicted octanol–water partition coefficient (Wildman–Crippen LogP) is 3.82. The molecular weight excluding hydrogens is 715 g/mol. The minimum absolute atomic E-state index is 0.0465. The van der Waals surface area contributed by atoms with Crippen molar-refractivity contribution >= 4 is 61.8 Å². The number of para-hydroxylation sites is 1. The quantitative estimate of drug-likeness (QED) is 0.124. The molecule has 12 nitrogen and oxygen atoms in total. The maximum Gasteiger partial charge on any atom is 0.243 e. The summed E-state index contributed by atoms with van der Waals surface area (Å²) in [5, 5.41) is 30.0. The van der Waals surface area contributed by atoms with Crippen LogP contribution >= 0.6 is 21.6 Å². The van der Waals surface area contributed by atoms with Crippen LogP contribution in [0.2, 0.25) is 0 Å². The van der Waals surface area contributed by atoms with E-state index in [2.05, 4.69) is 20.9 Å². The standard InChI is InChI=1S/C39H53N5O7S2/c1-23-16-35(47)30(25(3)45)19-36(48)32(10-6-7-15-40)42-39(51)34(18-27-20-41-31-9-5-4-8-29(27)31)44-38(50)33(17-26-11-13-28(46)14-12-26)43-37(49)24(2)22-53-52-21-23/h4-5,8-9,11-14,20,23-25,30,32-34,41,45-46H,6-7,10,15-19,21-22,40H2,1-3H3,(H,42,51)(H,43,49)(H,44,50)/t23?,24?,25?,30-,32-,33-,34?/m0/s1. The average Bonchev–Trinajstić information content (AvgIpc) is 3.53. The van der Waals surface area contributed by atoms with E-state index in [9.17, 15) is 34.2 Å². The third-order valence-corrected chi connectivity index (χ3v) is 12.4. The number of rotatable bonds is 9. The number of benzene rings is 2. The summed E-state index contributed by atoms with van der Waals surface area (Å²) in [5.41, 5.74) is 8.05. The molecule has 288 valence electrons. The molecule has 1 aromatic heterocycles. The Balaban J connectivity index is 1.71. The van der Waals surface area contributed by atoms with E-state index in [1.807, 2.05) is 31.2 Å². The summed E-state index contributed by atoms with van der Waals surface area (Å²) in [6.45, 7) is 5.60. The summed E-state index contributed by atoms with van der Waals surface area (Å²) in [5.74, 6) is -2.44. The Morgan fingerprint density at radius 3 is 2.13 bits per heavy atom. The van der Waals surface area contributed by atoms with E-state index in [0.29, 0.717) is 36.5 Å². The molecule has 8 N–H and O–H groups in total. The molecule has 0 bridgehead atoms. The molecule has 14 heteroatoms. The summed E-state index contributed by atoms with van der Waals surface area (Å²) in [4.78, 5) is 72.5. The lowest BCUT2D eigenvalue weighted by Gasteiger charge is -2.27. The number of nitrogens with two attached hydrogens (primary N) is 1. The number of ketones is 2. The predicted molar refractivity (Wildman–Crippen MR) is 210 cm³/mol. The van der Waals surface area contributed by atoms with Gasteiger partial charge in [0.1, 0.15) is 23.6 Å². The summed E-state index contributed by atoms with van der Waals surface area (Å²) in [6.07, 6.45) is 2.21. The molecule has 1 aliphatic rings. The summed E-state index contributed by atoms with van der Waals surface area (Å²) < 4.78 is 0. The molecule has 4 unspecified atom stereocenters. The second-order valence-corrected chi connectivity index (χ2v) is 16.7. The molecule has 3 amide bonds. The van der Waals surface area contributed by atoms with Gasteiger partial charge in [0.2, 0.25) is 17.7 Å². The number of fused-ring (bicyclic) bond motifs is 1. The molecule has 2 aromatic carbocycles. The Kier molecular flexibility index (Phi) is 16.3. The number of aromatic amines is 1. The Morgan fingerprint density at radius 1 is 0.792 bits per heavy atom. The third-order valence-electron chi connectivity index (χ3n) is 9.56. The molecule has 0 radical (unpaired) electrons. The molecule has 0 aliphatic carbocycles. The van der Waals surface area contributed by atoms with Crippen molar-refractivity contribution in [3.8, 4) is 5.75 Å². The van der Waals surface area contributed by atoms with Gasteiger partial charge in [-0.1, -0.05) is 65.8 Å². The molecule has 7 atom stereocenters. The highest BCUT2D eigenvalue weighted by atomic mass is 33.1. The number of carbonyl (C=O) groups excluding carboxylic acids is 5. The fourth-order valence-corrected chi connectivity index (χ4v) is 9.11. The number of aliphatic hydroxyl groups excluding tert-OH is 1. The summed E-state index contributed by atoms with van der Waals surface area (Å²) >= 11 is 0. The SMILES string of the molecule is CC1CSSCC(C)C(=O)N[C@@H](Cc2ccc(O)cc2)C(=O)NC(Cc2c[nH]c3ccccc23)C(=O)N[C@@H](CCCCN)C(=O)C[C@@H](C(C)O)C(=O)C1. The number of hydrogen-bond acceptors (Lipinski definition) is 10. The number of carbonyl (C=O) groups is 5. The number of H-pyrrole nitrogens is 1. The number of unbranched alkanes of at least 4 members (excludes halogenated alkanes) is 1. The summed E-state index contributed by atoms with van der Waals surface area (Å²) in [6, 6.07) is 10.7. The number of Topliss-reactive ketones (excluding diaryl/α,β-unsaturated/α-hetero) is 2. The average molecular weight is 768 g/mol. The first-order valence-electron chi connectivity index (χ1n) is 18.3. The van der Waals surface area contributed by atoms with E-state index in [1.54, 1.807) is 36.0 Å². The van der Waals surface area contributed by atoms with E-state index in [1.165, 1.54) is 29.9 Å². The third kappa shape index (κ3) is 12.6. The van der Waals surface area contributed by atoms with Crippen molar-refractivity contribution in [1.29, 1.82) is 0 Å². The molecule has 0 saturated carbocycles. The Hall–Kier alpha value is -3.85. The van der Waals surface area contributed by atoms with E-state index in [0.717, 1.165) is 16.5 Å². The van der Waals surface area contributed by atoms with Gasteiger partial charge in [0.05, 0.1) is 18.1 Å². The largest absolute Gasteiger partial charge is 0.508 e. The topological polar surface area (TPSA) is 204 Å². The fourth-order valence-electron chi connectivity index (χ4n) is 6.33. The molecule has 1 aliphatic heterocycles. The van der Waals surface area contributed by atoms with Crippen LogP contribution in [0.1, 0.15) is 64.0 Å². The van der Waals surface area contributed by atoms with Crippen molar-refractivity contribution in [2.45, 2.75) is 89.9 Å². The Morgan fingerprint density at radius 2 is 1.43 bits per heavy atom. The molecular formula is C39H53N5O7S2. The Bertz CT molecular complexity index is 1700. The van der Waals surface area contributed by atoms with Crippen molar-refractivity contribution in [2.24, 2.45) is 23.5 Å². The minimum Gasteiger partial charge on any atom is -0.508 e. The number of hydrogen-bond donors (Lipinski definition) is 7. The normalized spacial score (nSPS) is 25.3. The van der Waals surface area contributed by atoms with Crippen LogP contribution in [0.3, 0.4) is 0 Å². The van der Waals surface area contributed by atoms with E-state index < -0.39 is 47.9 Å².